The monoisotopic (exact) mass is 229 g/mol. The number of rotatable bonds is 9. The second kappa shape index (κ2) is 8.97. The van der Waals surface area contributed by atoms with Crippen molar-refractivity contribution >= 4 is 0 Å². The maximum atomic E-state index is 8.53. The van der Waals surface area contributed by atoms with Gasteiger partial charge >= 0.3 is 0 Å². The second-order valence-corrected chi connectivity index (χ2v) is 4.93. The zero-order chi connectivity index (χ0) is 11.6. The first-order valence-electron chi connectivity index (χ1n) is 6.75. The SMILES string of the molecule is CC(CC1CCCC1)NCCCOCCO. The molecule has 0 spiro atoms. The third kappa shape index (κ3) is 6.46. The van der Waals surface area contributed by atoms with Gasteiger partial charge in [-0.3, -0.25) is 0 Å². The summed E-state index contributed by atoms with van der Waals surface area (Å²) in [5.74, 6) is 0.966. The van der Waals surface area contributed by atoms with Crippen molar-refractivity contribution in [3.63, 3.8) is 0 Å². The molecule has 0 saturated heterocycles. The highest BCUT2D eigenvalue weighted by Crippen LogP contribution is 2.28. The Bertz CT molecular complexity index is 158. The van der Waals surface area contributed by atoms with Crippen LogP contribution < -0.4 is 5.32 Å². The van der Waals surface area contributed by atoms with E-state index >= 15 is 0 Å². The minimum atomic E-state index is 0.130. The Labute approximate surface area is 99.6 Å². The van der Waals surface area contributed by atoms with Crippen LogP contribution in [0, 0.1) is 5.92 Å². The van der Waals surface area contributed by atoms with Crippen molar-refractivity contribution in [2.75, 3.05) is 26.4 Å². The lowest BCUT2D eigenvalue weighted by Gasteiger charge is -2.17. The van der Waals surface area contributed by atoms with Gasteiger partial charge in [-0.15, -0.1) is 0 Å². The molecule has 1 saturated carbocycles. The minimum Gasteiger partial charge on any atom is -0.394 e. The van der Waals surface area contributed by atoms with Gasteiger partial charge in [0.2, 0.25) is 0 Å². The highest BCUT2D eigenvalue weighted by atomic mass is 16.5. The molecule has 1 atom stereocenters. The van der Waals surface area contributed by atoms with E-state index in [4.69, 9.17) is 9.84 Å². The number of hydrogen-bond donors (Lipinski definition) is 2. The lowest BCUT2D eigenvalue weighted by atomic mass is 9.99. The van der Waals surface area contributed by atoms with E-state index in [0.717, 1.165) is 25.5 Å². The first-order chi connectivity index (χ1) is 7.83. The van der Waals surface area contributed by atoms with Crippen LogP contribution in [0.2, 0.25) is 0 Å². The summed E-state index contributed by atoms with van der Waals surface area (Å²) < 4.78 is 5.21. The van der Waals surface area contributed by atoms with E-state index in [2.05, 4.69) is 12.2 Å². The Morgan fingerprint density at radius 3 is 2.75 bits per heavy atom. The molecule has 1 rings (SSSR count). The van der Waals surface area contributed by atoms with Crippen molar-refractivity contribution in [3.05, 3.63) is 0 Å². The molecule has 0 aliphatic heterocycles. The fourth-order valence-corrected chi connectivity index (χ4v) is 2.52. The lowest BCUT2D eigenvalue weighted by Crippen LogP contribution is -2.29. The van der Waals surface area contributed by atoms with Crippen molar-refractivity contribution in [1.29, 1.82) is 0 Å². The van der Waals surface area contributed by atoms with Crippen molar-refractivity contribution < 1.29 is 9.84 Å². The van der Waals surface area contributed by atoms with Crippen LogP contribution in [0.1, 0.15) is 45.4 Å². The van der Waals surface area contributed by atoms with Gasteiger partial charge in [0.15, 0.2) is 0 Å². The van der Waals surface area contributed by atoms with Gasteiger partial charge < -0.3 is 15.2 Å². The fourth-order valence-electron chi connectivity index (χ4n) is 2.52. The molecule has 0 heterocycles. The van der Waals surface area contributed by atoms with Gasteiger partial charge in [-0.1, -0.05) is 25.7 Å². The minimum absolute atomic E-state index is 0.130. The third-order valence-corrected chi connectivity index (χ3v) is 3.36. The average molecular weight is 229 g/mol. The van der Waals surface area contributed by atoms with E-state index in [0.29, 0.717) is 12.6 Å². The van der Waals surface area contributed by atoms with Crippen LogP contribution in [0.5, 0.6) is 0 Å². The summed E-state index contributed by atoms with van der Waals surface area (Å²) in [7, 11) is 0. The summed E-state index contributed by atoms with van der Waals surface area (Å²) in [6.07, 6.45) is 8.11. The zero-order valence-corrected chi connectivity index (χ0v) is 10.6. The maximum Gasteiger partial charge on any atom is 0.0697 e. The molecule has 0 aromatic carbocycles. The molecule has 1 aliphatic carbocycles. The first-order valence-corrected chi connectivity index (χ1v) is 6.75. The summed E-state index contributed by atoms with van der Waals surface area (Å²) >= 11 is 0. The molecule has 3 heteroatoms. The van der Waals surface area contributed by atoms with Crippen molar-refractivity contribution in [3.8, 4) is 0 Å². The summed E-state index contributed by atoms with van der Waals surface area (Å²) in [6, 6.07) is 0.640. The van der Waals surface area contributed by atoms with E-state index < -0.39 is 0 Å². The standard InChI is InChI=1S/C13H27NO2/c1-12(11-13-5-2-3-6-13)14-7-4-9-16-10-8-15/h12-15H,2-11H2,1H3. The van der Waals surface area contributed by atoms with Crippen LogP contribution in [0.3, 0.4) is 0 Å². The highest BCUT2D eigenvalue weighted by Gasteiger charge is 2.17. The van der Waals surface area contributed by atoms with E-state index in [1.807, 2.05) is 0 Å². The predicted molar refractivity (Wildman–Crippen MR) is 66.6 cm³/mol. The number of hydrogen-bond acceptors (Lipinski definition) is 3. The predicted octanol–water partition coefficient (Wildman–Crippen LogP) is 1.94. The van der Waals surface area contributed by atoms with Crippen molar-refractivity contribution in [2.24, 2.45) is 5.92 Å². The van der Waals surface area contributed by atoms with E-state index in [9.17, 15) is 0 Å². The highest BCUT2D eigenvalue weighted by molar-refractivity contribution is 4.72. The Hall–Kier alpha value is -0.120. The Kier molecular flexibility index (Phi) is 7.81. The molecule has 0 radical (unpaired) electrons. The van der Waals surface area contributed by atoms with Gasteiger partial charge in [0.25, 0.3) is 0 Å². The largest absolute Gasteiger partial charge is 0.394 e. The van der Waals surface area contributed by atoms with Crippen LogP contribution in [-0.4, -0.2) is 37.5 Å². The number of aliphatic hydroxyl groups excluding tert-OH is 1. The Morgan fingerprint density at radius 2 is 2.06 bits per heavy atom. The molecule has 0 aromatic rings. The summed E-state index contributed by atoms with van der Waals surface area (Å²) in [5.41, 5.74) is 0. The molecular weight excluding hydrogens is 202 g/mol. The molecular formula is C13H27NO2. The molecule has 0 amide bonds. The van der Waals surface area contributed by atoms with E-state index in [1.165, 1.54) is 32.1 Å². The molecule has 0 bridgehead atoms. The summed E-state index contributed by atoms with van der Waals surface area (Å²) in [5, 5.41) is 12.1. The molecule has 96 valence electrons. The third-order valence-electron chi connectivity index (χ3n) is 3.36. The average Bonchev–Trinajstić information content (AvgIpc) is 2.76. The normalized spacial score (nSPS) is 19.1. The molecule has 1 fully saturated rings. The van der Waals surface area contributed by atoms with Crippen LogP contribution in [0.15, 0.2) is 0 Å². The lowest BCUT2D eigenvalue weighted by molar-refractivity contribution is 0.0903. The second-order valence-electron chi connectivity index (χ2n) is 4.93. The van der Waals surface area contributed by atoms with Crippen molar-refractivity contribution in [2.45, 2.75) is 51.5 Å². The molecule has 1 aliphatic rings. The number of aliphatic hydroxyl groups is 1. The van der Waals surface area contributed by atoms with Gasteiger partial charge in [0, 0.05) is 12.6 Å². The van der Waals surface area contributed by atoms with Crippen molar-refractivity contribution in [1.82, 2.24) is 5.32 Å². The van der Waals surface area contributed by atoms with Gasteiger partial charge in [-0.25, -0.2) is 0 Å². The van der Waals surface area contributed by atoms with Gasteiger partial charge in [-0.2, -0.15) is 0 Å². The summed E-state index contributed by atoms with van der Waals surface area (Å²) in [4.78, 5) is 0. The van der Waals surface area contributed by atoms with E-state index in [-0.39, 0.29) is 6.61 Å². The van der Waals surface area contributed by atoms with E-state index in [1.54, 1.807) is 0 Å². The van der Waals surface area contributed by atoms with Crippen LogP contribution >= 0.6 is 0 Å². The topological polar surface area (TPSA) is 41.5 Å². The van der Waals surface area contributed by atoms with Crippen LogP contribution in [-0.2, 0) is 4.74 Å². The summed E-state index contributed by atoms with van der Waals surface area (Å²) in [6.45, 7) is 4.67. The number of nitrogens with one attached hydrogen (secondary N) is 1. The number of ether oxygens (including phenoxy) is 1. The van der Waals surface area contributed by atoms with Crippen LogP contribution in [0.4, 0.5) is 0 Å². The van der Waals surface area contributed by atoms with Gasteiger partial charge in [-0.05, 0) is 32.2 Å². The first kappa shape index (κ1) is 13.9. The quantitative estimate of drug-likeness (QED) is 0.594. The van der Waals surface area contributed by atoms with Crippen LogP contribution in [0.25, 0.3) is 0 Å². The molecule has 1 unspecified atom stereocenters. The Balaban J connectivity index is 1.87. The molecule has 2 N–H and O–H groups in total. The molecule has 3 nitrogen and oxygen atoms in total. The molecule has 16 heavy (non-hydrogen) atoms. The maximum absolute atomic E-state index is 8.53. The molecule has 0 aromatic heterocycles. The van der Waals surface area contributed by atoms with Gasteiger partial charge in [0.05, 0.1) is 13.2 Å². The zero-order valence-electron chi connectivity index (χ0n) is 10.6. The van der Waals surface area contributed by atoms with Gasteiger partial charge in [0.1, 0.15) is 0 Å². The fraction of sp³-hybridized carbons (Fsp3) is 1.00. The Morgan fingerprint density at radius 1 is 1.31 bits per heavy atom. The smallest absolute Gasteiger partial charge is 0.0697 e.